The summed E-state index contributed by atoms with van der Waals surface area (Å²) in [5.74, 6) is 3.55. The van der Waals surface area contributed by atoms with Gasteiger partial charge < -0.3 is 9.67 Å². The molecule has 19 heavy (non-hydrogen) atoms. The van der Waals surface area contributed by atoms with Crippen LogP contribution in [0.3, 0.4) is 0 Å². The van der Waals surface area contributed by atoms with Gasteiger partial charge in [0, 0.05) is 24.4 Å². The molecule has 1 atom stereocenters. The summed E-state index contributed by atoms with van der Waals surface area (Å²) in [5, 5.41) is 11.0. The van der Waals surface area contributed by atoms with E-state index in [1.54, 1.807) is 0 Å². The van der Waals surface area contributed by atoms with Gasteiger partial charge >= 0.3 is 0 Å². The first kappa shape index (κ1) is 12.0. The lowest BCUT2D eigenvalue weighted by Gasteiger charge is -2.58. The van der Waals surface area contributed by atoms with Gasteiger partial charge in [-0.15, -0.1) is 0 Å². The Hall–Kier alpha value is -0.830. The second-order valence-corrected chi connectivity index (χ2v) is 7.25. The van der Waals surface area contributed by atoms with Gasteiger partial charge in [0.05, 0.1) is 0 Å². The number of imidazole rings is 1. The predicted molar refractivity (Wildman–Crippen MR) is 73.5 cm³/mol. The van der Waals surface area contributed by atoms with E-state index in [1.165, 1.54) is 38.5 Å². The van der Waals surface area contributed by atoms with E-state index in [0.29, 0.717) is 0 Å². The molecule has 1 N–H and O–H groups in total. The summed E-state index contributed by atoms with van der Waals surface area (Å²) in [6.45, 7) is 3.02. The molecule has 0 radical (unpaired) electrons. The van der Waals surface area contributed by atoms with E-state index < -0.39 is 0 Å². The minimum atomic E-state index is -0.351. The fourth-order valence-electron chi connectivity index (χ4n) is 5.62. The third-order valence-electron chi connectivity index (χ3n) is 6.00. The Morgan fingerprint density at radius 1 is 1.26 bits per heavy atom. The van der Waals surface area contributed by atoms with Crippen LogP contribution in [-0.4, -0.2) is 14.7 Å². The van der Waals surface area contributed by atoms with Crippen molar-refractivity contribution >= 4 is 0 Å². The van der Waals surface area contributed by atoms with Gasteiger partial charge in [-0.3, -0.25) is 0 Å². The Kier molecular flexibility index (Phi) is 2.57. The molecule has 1 unspecified atom stereocenters. The second-order valence-electron chi connectivity index (χ2n) is 7.25. The molecule has 4 aliphatic rings. The van der Waals surface area contributed by atoms with E-state index in [0.717, 1.165) is 30.1 Å². The molecule has 104 valence electrons. The minimum Gasteiger partial charge on any atom is -0.385 e. The van der Waals surface area contributed by atoms with Gasteiger partial charge in [-0.05, 0) is 63.2 Å². The first-order valence-electron chi connectivity index (χ1n) is 7.89. The van der Waals surface area contributed by atoms with Gasteiger partial charge in [0.25, 0.3) is 0 Å². The van der Waals surface area contributed by atoms with Gasteiger partial charge in [0.2, 0.25) is 0 Å². The molecule has 4 saturated carbocycles. The highest BCUT2D eigenvalue weighted by molar-refractivity contribution is 5.10. The molecule has 0 amide bonds. The van der Waals surface area contributed by atoms with Gasteiger partial charge in [-0.25, -0.2) is 4.98 Å². The lowest BCUT2D eigenvalue weighted by molar-refractivity contribution is -0.125. The van der Waals surface area contributed by atoms with Gasteiger partial charge in [0.1, 0.15) is 11.9 Å². The standard InChI is InChI=1S/C16H24N2O/c1-2-18-4-3-17-15(18)14(19)16-8-11-5-12(9-16)7-13(6-11)10-16/h3-4,11-14,19H,2,5-10H2,1H3. The molecule has 5 rings (SSSR count). The number of aromatic nitrogens is 2. The number of rotatable bonds is 3. The van der Waals surface area contributed by atoms with Crippen LogP contribution in [0.5, 0.6) is 0 Å². The molecule has 0 saturated heterocycles. The van der Waals surface area contributed by atoms with Crippen molar-refractivity contribution in [1.29, 1.82) is 0 Å². The number of hydrogen-bond donors (Lipinski definition) is 1. The largest absolute Gasteiger partial charge is 0.385 e. The Labute approximate surface area is 115 Å². The molecule has 3 heteroatoms. The number of aliphatic hydroxyl groups excluding tert-OH is 1. The summed E-state index contributed by atoms with van der Waals surface area (Å²) in [6.07, 6.45) is 11.5. The molecule has 4 bridgehead atoms. The van der Waals surface area contributed by atoms with Crippen LogP contribution in [-0.2, 0) is 6.54 Å². The predicted octanol–water partition coefficient (Wildman–Crippen LogP) is 3.15. The third-order valence-corrected chi connectivity index (χ3v) is 6.00. The second kappa shape index (κ2) is 4.08. The zero-order valence-electron chi connectivity index (χ0n) is 11.8. The molecular weight excluding hydrogens is 236 g/mol. The van der Waals surface area contributed by atoms with Crippen LogP contribution >= 0.6 is 0 Å². The van der Waals surface area contributed by atoms with E-state index in [-0.39, 0.29) is 11.5 Å². The molecule has 0 spiro atoms. The Morgan fingerprint density at radius 3 is 2.37 bits per heavy atom. The monoisotopic (exact) mass is 260 g/mol. The molecule has 1 aromatic rings. The summed E-state index contributed by atoms with van der Waals surface area (Å²) in [6, 6.07) is 0. The average molecular weight is 260 g/mol. The van der Waals surface area contributed by atoms with Crippen LogP contribution in [0.25, 0.3) is 0 Å². The van der Waals surface area contributed by atoms with Crippen molar-refractivity contribution in [1.82, 2.24) is 9.55 Å². The van der Waals surface area contributed by atoms with Crippen molar-refractivity contribution < 1.29 is 5.11 Å². The smallest absolute Gasteiger partial charge is 0.138 e. The van der Waals surface area contributed by atoms with Crippen molar-refractivity contribution in [3.8, 4) is 0 Å². The average Bonchev–Trinajstić information content (AvgIpc) is 2.84. The lowest BCUT2D eigenvalue weighted by Crippen LogP contribution is -2.49. The number of hydrogen-bond acceptors (Lipinski definition) is 2. The molecule has 3 nitrogen and oxygen atoms in total. The molecule has 4 fully saturated rings. The summed E-state index contributed by atoms with van der Waals surface area (Å²) < 4.78 is 2.11. The maximum Gasteiger partial charge on any atom is 0.138 e. The normalized spacial score (nSPS) is 41.7. The summed E-state index contributed by atoms with van der Waals surface area (Å²) in [4.78, 5) is 4.46. The van der Waals surface area contributed by atoms with E-state index in [4.69, 9.17) is 0 Å². The molecule has 0 aliphatic heterocycles. The zero-order valence-corrected chi connectivity index (χ0v) is 11.8. The summed E-state index contributed by atoms with van der Waals surface area (Å²) in [7, 11) is 0. The van der Waals surface area contributed by atoms with Crippen molar-refractivity contribution in [2.24, 2.45) is 23.2 Å². The quantitative estimate of drug-likeness (QED) is 0.906. The zero-order chi connectivity index (χ0) is 13.0. The van der Waals surface area contributed by atoms with E-state index in [1.807, 2.05) is 12.4 Å². The van der Waals surface area contributed by atoms with E-state index in [9.17, 15) is 5.11 Å². The number of aryl methyl sites for hydroxylation is 1. The van der Waals surface area contributed by atoms with Crippen LogP contribution in [0.15, 0.2) is 12.4 Å². The highest BCUT2D eigenvalue weighted by atomic mass is 16.3. The van der Waals surface area contributed by atoms with E-state index >= 15 is 0 Å². The highest BCUT2D eigenvalue weighted by Crippen LogP contribution is 2.63. The lowest BCUT2D eigenvalue weighted by atomic mass is 9.48. The Balaban J connectivity index is 1.68. The topological polar surface area (TPSA) is 38.0 Å². The first-order chi connectivity index (χ1) is 9.20. The summed E-state index contributed by atoms with van der Waals surface area (Å²) >= 11 is 0. The molecule has 1 heterocycles. The molecular formula is C16H24N2O. The van der Waals surface area contributed by atoms with Crippen LogP contribution < -0.4 is 0 Å². The van der Waals surface area contributed by atoms with E-state index in [2.05, 4.69) is 16.5 Å². The van der Waals surface area contributed by atoms with Crippen molar-refractivity contribution in [2.75, 3.05) is 0 Å². The molecule has 1 aromatic heterocycles. The van der Waals surface area contributed by atoms with Crippen LogP contribution in [0.4, 0.5) is 0 Å². The first-order valence-corrected chi connectivity index (χ1v) is 7.89. The number of aliphatic hydroxyl groups is 1. The highest BCUT2D eigenvalue weighted by Gasteiger charge is 2.55. The van der Waals surface area contributed by atoms with Crippen LogP contribution in [0.2, 0.25) is 0 Å². The molecule has 4 aliphatic carbocycles. The fourth-order valence-corrected chi connectivity index (χ4v) is 5.62. The Bertz CT molecular complexity index is 444. The van der Waals surface area contributed by atoms with Crippen molar-refractivity contribution in [3.63, 3.8) is 0 Å². The maximum absolute atomic E-state index is 11.0. The van der Waals surface area contributed by atoms with Gasteiger partial charge in [0.15, 0.2) is 0 Å². The van der Waals surface area contributed by atoms with Crippen LogP contribution in [0, 0.1) is 23.2 Å². The van der Waals surface area contributed by atoms with Gasteiger partial charge in [-0.1, -0.05) is 0 Å². The third kappa shape index (κ3) is 1.70. The summed E-state index contributed by atoms with van der Waals surface area (Å²) in [5.41, 5.74) is 0.146. The minimum absolute atomic E-state index is 0.146. The molecule has 0 aromatic carbocycles. The van der Waals surface area contributed by atoms with Gasteiger partial charge in [-0.2, -0.15) is 0 Å². The number of nitrogens with zero attached hydrogens (tertiary/aromatic N) is 2. The maximum atomic E-state index is 11.0. The fraction of sp³-hybridized carbons (Fsp3) is 0.812. The Morgan fingerprint density at radius 2 is 1.84 bits per heavy atom. The van der Waals surface area contributed by atoms with Crippen molar-refractivity contribution in [3.05, 3.63) is 18.2 Å². The SMILES string of the molecule is CCn1ccnc1C(O)C12CC3CC(CC(C3)C1)C2. The van der Waals surface area contributed by atoms with Crippen LogP contribution in [0.1, 0.15) is 57.4 Å². The van der Waals surface area contributed by atoms with Crippen molar-refractivity contribution in [2.45, 2.75) is 58.1 Å².